The normalized spacial score (nSPS) is 31.2. The Hall–Kier alpha value is 0.700. The lowest BCUT2D eigenvalue weighted by atomic mass is 9.76. The van der Waals surface area contributed by atoms with Crippen molar-refractivity contribution in [3.8, 4) is 0 Å². The summed E-state index contributed by atoms with van der Waals surface area (Å²) in [4.78, 5) is 0. The highest BCUT2D eigenvalue weighted by molar-refractivity contribution is 7.99. The molecule has 0 aromatic carbocycles. The first-order valence-corrected chi connectivity index (χ1v) is 8.90. The van der Waals surface area contributed by atoms with Gasteiger partial charge in [0.2, 0.25) is 0 Å². The molecule has 0 bridgehead atoms. The van der Waals surface area contributed by atoms with Crippen LogP contribution < -0.4 is 0 Å². The molecule has 0 aromatic heterocycles. The molecule has 1 aliphatic carbocycles. The molecule has 0 heterocycles. The summed E-state index contributed by atoms with van der Waals surface area (Å²) in [6, 6.07) is 0. The Labute approximate surface area is 104 Å². The second kappa shape index (κ2) is 7.11. The highest BCUT2D eigenvalue weighted by atomic mass is 32.2. The van der Waals surface area contributed by atoms with Gasteiger partial charge in [-0.2, -0.15) is 23.5 Å². The topological polar surface area (TPSA) is 0 Å². The zero-order valence-electron chi connectivity index (χ0n) is 10.7. The maximum Gasteiger partial charge on any atom is 0.0109 e. The molecule has 0 radical (unpaired) electrons. The lowest BCUT2D eigenvalue weighted by Gasteiger charge is -2.37. The summed E-state index contributed by atoms with van der Waals surface area (Å²) < 4.78 is 0. The average Bonchev–Trinajstić information content (AvgIpc) is 2.22. The second-order valence-corrected chi connectivity index (χ2v) is 6.98. The van der Waals surface area contributed by atoms with E-state index < -0.39 is 0 Å². The van der Waals surface area contributed by atoms with Crippen molar-refractivity contribution >= 4 is 23.5 Å². The third-order valence-electron chi connectivity index (χ3n) is 3.86. The second-order valence-electron chi connectivity index (χ2n) is 5.06. The minimum Gasteiger partial charge on any atom is -0.165 e. The van der Waals surface area contributed by atoms with Gasteiger partial charge in [-0.3, -0.25) is 0 Å². The molecule has 90 valence electrons. The fraction of sp³-hybridized carbons (Fsp3) is 1.00. The minimum absolute atomic E-state index is 0.876. The summed E-state index contributed by atoms with van der Waals surface area (Å²) in [6.07, 6.45) is 10.4. The maximum absolute atomic E-state index is 2.47. The van der Waals surface area contributed by atoms with Crippen LogP contribution in [0.15, 0.2) is 0 Å². The summed E-state index contributed by atoms with van der Waals surface area (Å²) in [7, 11) is 0. The van der Waals surface area contributed by atoms with E-state index in [1.54, 1.807) is 0 Å². The smallest absolute Gasteiger partial charge is 0.0109 e. The molecule has 1 rings (SSSR count). The summed E-state index contributed by atoms with van der Waals surface area (Å²) in [6.45, 7) is 4.91. The number of thioether (sulfide) groups is 2. The molecule has 0 spiro atoms. The highest BCUT2D eigenvalue weighted by Gasteiger charge is 2.31. The van der Waals surface area contributed by atoms with Crippen LogP contribution in [0, 0.1) is 17.8 Å². The first-order valence-electron chi connectivity index (χ1n) is 6.22. The number of hydrogen-bond donors (Lipinski definition) is 0. The van der Waals surface area contributed by atoms with Crippen molar-refractivity contribution < 1.29 is 0 Å². The van der Waals surface area contributed by atoms with E-state index in [4.69, 9.17) is 0 Å². The van der Waals surface area contributed by atoms with Crippen molar-refractivity contribution in [3.05, 3.63) is 0 Å². The van der Waals surface area contributed by atoms with E-state index in [0.717, 1.165) is 23.0 Å². The summed E-state index contributed by atoms with van der Waals surface area (Å²) in [5.41, 5.74) is 0. The Kier molecular flexibility index (Phi) is 6.52. The molecule has 0 aliphatic heterocycles. The van der Waals surface area contributed by atoms with Crippen LogP contribution in [-0.4, -0.2) is 23.5 Å². The van der Waals surface area contributed by atoms with Gasteiger partial charge in [0.05, 0.1) is 0 Å². The number of rotatable bonds is 5. The van der Waals surface area contributed by atoms with Crippen LogP contribution in [-0.2, 0) is 0 Å². The van der Waals surface area contributed by atoms with E-state index >= 15 is 0 Å². The van der Waals surface area contributed by atoms with Crippen LogP contribution in [0.1, 0.15) is 39.5 Å². The standard InChI is InChI=1S/C13H26S2/c1-10-7-5-6-8-12(10)13(15-4)11(2)9-14-3/h10-13H,5-9H2,1-4H3. The summed E-state index contributed by atoms with van der Waals surface area (Å²) in [5, 5.41) is 0.896. The molecule has 1 fully saturated rings. The number of hydrogen-bond acceptors (Lipinski definition) is 2. The van der Waals surface area contributed by atoms with E-state index in [1.807, 2.05) is 11.8 Å². The Morgan fingerprint density at radius 2 is 1.87 bits per heavy atom. The third-order valence-corrected chi connectivity index (χ3v) is 6.08. The quantitative estimate of drug-likeness (QED) is 0.698. The molecule has 4 unspecified atom stereocenters. The van der Waals surface area contributed by atoms with Crippen molar-refractivity contribution in [2.45, 2.75) is 44.8 Å². The van der Waals surface area contributed by atoms with Crippen molar-refractivity contribution in [2.75, 3.05) is 18.3 Å². The molecule has 4 atom stereocenters. The molecule has 0 nitrogen and oxygen atoms in total. The summed E-state index contributed by atoms with van der Waals surface area (Å²) in [5.74, 6) is 4.14. The van der Waals surface area contributed by atoms with Crippen LogP contribution >= 0.6 is 23.5 Å². The van der Waals surface area contributed by atoms with E-state index in [0.29, 0.717) is 0 Å². The first-order chi connectivity index (χ1) is 7.20. The molecular formula is C13H26S2. The molecule has 0 aromatic rings. The largest absolute Gasteiger partial charge is 0.165 e. The van der Waals surface area contributed by atoms with Crippen molar-refractivity contribution in [2.24, 2.45) is 17.8 Å². The fourth-order valence-corrected chi connectivity index (χ4v) is 5.19. The van der Waals surface area contributed by atoms with Gasteiger partial charge in [0, 0.05) is 5.25 Å². The van der Waals surface area contributed by atoms with E-state index in [2.05, 4.69) is 38.1 Å². The van der Waals surface area contributed by atoms with E-state index in [9.17, 15) is 0 Å². The van der Waals surface area contributed by atoms with Crippen molar-refractivity contribution in [1.82, 2.24) is 0 Å². The van der Waals surface area contributed by atoms with Gasteiger partial charge in [-0.05, 0) is 42.4 Å². The van der Waals surface area contributed by atoms with E-state index in [-0.39, 0.29) is 0 Å². The third kappa shape index (κ3) is 3.89. The molecule has 2 heteroatoms. The van der Waals surface area contributed by atoms with Crippen LogP contribution in [0.5, 0.6) is 0 Å². The van der Waals surface area contributed by atoms with Crippen LogP contribution in [0.2, 0.25) is 0 Å². The Balaban J connectivity index is 2.54. The molecule has 0 amide bonds. The van der Waals surface area contributed by atoms with Gasteiger partial charge in [0.1, 0.15) is 0 Å². The zero-order valence-corrected chi connectivity index (χ0v) is 12.3. The van der Waals surface area contributed by atoms with Gasteiger partial charge < -0.3 is 0 Å². The molecule has 1 aliphatic rings. The average molecular weight is 246 g/mol. The first kappa shape index (κ1) is 13.8. The molecule has 0 N–H and O–H groups in total. The van der Waals surface area contributed by atoms with Gasteiger partial charge in [-0.15, -0.1) is 0 Å². The zero-order chi connectivity index (χ0) is 11.3. The maximum atomic E-state index is 2.47. The minimum atomic E-state index is 0.876. The highest BCUT2D eigenvalue weighted by Crippen LogP contribution is 2.39. The van der Waals surface area contributed by atoms with Gasteiger partial charge in [0.15, 0.2) is 0 Å². The lowest BCUT2D eigenvalue weighted by Crippen LogP contribution is -2.32. The Morgan fingerprint density at radius 1 is 1.20 bits per heavy atom. The van der Waals surface area contributed by atoms with Gasteiger partial charge in [-0.25, -0.2) is 0 Å². The van der Waals surface area contributed by atoms with Gasteiger partial charge >= 0.3 is 0 Å². The van der Waals surface area contributed by atoms with Crippen molar-refractivity contribution in [1.29, 1.82) is 0 Å². The SMILES string of the molecule is CSCC(C)C(SC)C1CCCCC1C. The molecule has 0 saturated heterocycles. The predicted molar refractivity (Wildman–Crippen MR) is 76.0 cm³/mol. The van der Waals surface area contributed by atoms with Crippen LogP contribution in [0.25, 0.3) is 0 Å². The molecule has 1 saturated carbocycles. The van der Waals surface area contributed by atoms with Gasteiger partial charge in [-0.1, -0.05) is 33.1 Å². The van der Waals surface area contributed by atoms with Crippen LogP contribution in [0.3, 0.4) is 0 Å². The monoisotopic (exact) mass is 246 g/mol. The molecular weight excluding hydrogens is 220 g/mol. The predicted octanol–water partition coefficient (Wildman–Crippen LogP) is 4.54. The fourth-order valence-electron chi connectivity index (χ4n) is 3.02. The molecule has 15 heavy (non-hydrogen) atoms. The van der Waals surface area contributed by atoms with E-state index in [1.165, 1.54) is 31.4 Å². The lowest BCUT2D eigenvalue weighted by molar-refractivity contribution is 0.230. The van der Waals surface area contributed by atoms with Crippen LogP contribution in [0.4, 0.5) is 0 Å². The Morgan fingerprint density at radius 3 is 2.40 bits per heavy atom. The van der Waals surface area contributed by atoms with Crippen molar-refractivity contribution in [3.63, 3.8) is 0 Å². The summed E-state index contributed by atoms with van der Waals surface area (Å²) >= 11 is 4.12. The van der Waals surface area contributed by atoms with Gasteiger partial charge in [0.25, 0.3) is 0 Å². The Bertz CT molecular complexity index is 170.